The number of rotatable bonds is 5. The van der Waals surface area contributed by atoms with E-state index in [1.165, 1.54) is 6.07 Å². The van der Waals surface area contributed by atoms with Crippen molar-refractivity contribution in [1.29, 1.82) is 0 Å². The van der Waals surface area contributed by atoms with Gasteiger partial charge in [0.25, 0.3) is 5.91 Å². The van der Waals surface area contributed by atoms with Crippen molar-refractivity contribution in [3.05, 3.63) is 58.1 Å². The van der Waals surface area contributed by atoms with Crippen LogP contribution in [0.25, 0.3) is 0 Å². The Morgan fingerprint density at radius 2 is 1.79 bits per heavy atom. The van der Waals surface area contributed by atoms with Gasteiger partial charge in [0, 0.05) is 11.4 Å². The minimum Gasteiger partial charge on any atom is -0.449 e. The van der Waals surface area contributed by atoms with Gasteiger partial charge in [-0.15, -0.1) is 0 Å². The molecule has 3 N–H and O–H groups in total. The van der Waals surface area contributed by atoms with Crippen molar-refractivity contribution in [2.75, 3.05) is 11.1 Å². The molecule has 0 aromatic heterocycles. The van der Waals surface area contributed by atoms with Crippen molar-refractivity contribution in [3.8, 4) is 0 Å². The van der Waals surface area contributed by atoms with Gasteiger partial charge in [-0.3, -0.25) is 4.79 Å². The van der Waals surface area contributed by atoms with Gasteiger partial charge in [-0.05, 0) is 48.9 Å². The summed E-state index contributed by atoms with van der Waals surface area (Å²) in [4.78, 5) is 24.4. The Balaban J connectivity index is 2.04. The van der Waals surface area contributed by atoms with E-state index >= 15 is 0 Å². The van der Waals surface area contributed by atoms with Crippen LogP contribution in [-0.4, -0.2) is 18.0 Å². The fourth-order valence-electron chi connectivity index (χ4n) is 1.94. The summed E-state index contributed by atoms with van der Waals surface area (Å²) in [6, 6.07) is 11.0. The van der Waals surface area contributed by atoms with Crippen molar-refractivity contribution >= 4 is 46.5 Å². The van der Waals surface area contributed by atoms with E-state index < -0.39 is 18.0 Å². The predicted octanol–water partition coefficient (Wildman–Crippen LogP) is 4.15. The summed E-state index contributed by atoms with van der Waals surface area (Å²) in [7, 11) is 0. The quantitative estimate of drug-likeness (QED) is 0.615. The van der Waals surface area contributed by atoms with Crippen molar-refractivity contribution in [2.45, 2.75) is 19.4 Å². The van der Waals surface area contributed by atoms with E-state index in [9.17, 15) is 9.59 Å². The highest BCUT2D eigenvalue weighted by molar-refractivity contribution is 6.42. The maximum atomic E-state index is 12.3. The first-order valence-electron chi connectivity index (χ1n) is 7.23. The number of esters is 1. The molecule has 0 radical (unpaired) electrons. The zero-order chi connectivity index (χ0) is 17.7. The number of nitrogen functional groups attached to an aromatic ring is 1. The van der Waals surface area contributed by atoms with Crippen LogP contribution in [0.2, 0.25) is 10.0 Å². The van der Waals surface area contributed by atoms with E-state index in [2.05, 4.69) is 5.32 Å². The molecule has 0 aliphatic carbocycles. The molecule has 2 aromatic carbocycles. The van der Waals surface area contributed by atoms with Gasteiger partial charge in [0.15, 0.2) is 6.10 Å². The molecule has 0 aliphatic rings. The molecule has 2 rings (SSSR count). The first-order valence-corrected chi connectivity index (χ1v) is 7.98. The Hall–Kier alpha value is -2.24. The maximum absolute atomic E-state index is 12.3. The van der Waals surface area contributed by atoms with Crippen LogP contribution >= 0.6 is 23.2 Å². The summed E-state index contributed by atoms with van der Waals surface area (Å²) < 4.78 is 5.26. The third kappa shape index (κ3) is 4.63. The van der Waals surface area contributed by atoms with E-state index in [1.807, 2.05) is 0 Å². The van der Waals surface area contributed by atoms with Gasteiger partial charge in [-0.2, -0.15) is 0 Å². The molecule has 0 saturated heterocycles. The topological polar surface area (TPSA) is 81.4 Å². The number of ether oxygens (including phenoxy) is 1. The van der Waals surface area contributed by atoms with Crippen LogP contribution in [0.15, 0.2) is 42.5 Å². The van der Waals surface area contributed by atoms with Crippen LogP contribution in [0, 0.1) is 0 Å². The first-order chi connectivity index (χ1) is 11.4. The van der Waals surface area contributed by atoms with Crippen LogP contribution in [0.3, 0.4) is 0 Å². The van der Waals surface area contributed by atoms with Crippen LogP contribution in [-0.2, 0) is 9.53 Å². The SMILES string of the molecule is CCC(OC(=O)c1ccc(N)cc1)C(=O)Nc1ccc(Cl)c(Cl)c1. The summed E-state index contributed by atoms with van der Waals surface area (Å²) >= 11 is 11.7. The van der Waals surface area contributed by atoms with E-state index in [0.29, 0.717) is 33.4 Å². The lowest BCUT2D eigenvalue weighted by molar-refractivity contribution is -0.124. The molecule has 126 valence electrons. The number of hydrogen-bond acceptors (Lipinski definition) is 4. The molecule has 0 spiro atoms. The number of carbonyl (C=O) groups is 2. The molecule has 0 saturated carbocycles. The molecular formula is C17H16Cl2N2O3. The van der Waals surface area contributed by atoms with Gasteiger partial charge in [0.2, 0.25) is 0 Å². The van der Waals surface area contributed by atoms with Gasteiger partial charge in [0.05, 0.1) is 15.6 Å². The minimum absolute atomic E-state index is 0.321. The molecule has 1 unspecified atom stereocenters. The highest BCUT2D eigenvalue weighted by atomic mass is 35.5. The monoisotopic (exact) mass is 366 g/mol. The Labute approximate surface area is 149 Å². The van der Waals surface area contributed by atoms with E-state index in [4.69, 9.17) is 33.7 Å². The predicted molar refractivity (Wildman–Crippen MR) is 95.4 cm³/mol. The number of amides is 1. The summed E-state index contributed by atoms with van der Waals surface area (Å²) in [5.41, 5.74) is 6.91. The number of benzene rings is 2. The number of nitrogens with two attached hydrogens (primary N) is 1. The first kappa shape index (κ1) is 18.1. The Bertz CT molecular complexity index is 748. The molecule has 24 heavy (non-hydrogen) atoms. The summed E-state index contributed by atoms with van der Waals surface area (Å²) in [5, 5.41) is 3.35. The molecule has 0 aliphatic heterocycles. The second-order valence-corrected chi connectivity index (χ2v) is 5.86. The minimum atomic E-state index is -0.926. The molecule has 0 bridgehead atoms. The number of anilines is 2. The van der Waals surface area contributed by atoms with Crippen molar-refractivity contribution in [2.24, 2.45) is 0 Å². The van der Waals surface area contributed by atoms with Gasteiger partial charge in [0.1, 0.15) is 0 Å². The average molecular weight is 367 g/mol. The van der Waals surface area contributed by atoms with Gasteiger partial charge in [-0.25, -0.2) is 4.79 Å². The Kier molecular flexibility index (Phi) is 6.06. The molecule has 1 atom stereocenters. The van der Waals surface area contributed by atoms with E-state index in [0.717, 1.165) is 0 Å². The smallest absolute Gasteiger partial charge is 0.338 e. The highest BCUT2D eigenvalue weighted by Gasteiger charge is 2.22. The summed E-state index contributed by atoms with van der Waals surface area (Å²) in [5.74, 6) is -1.04. The number of hydrogen-bond donors (Lipinski definition) is 2. The molecule has 0 heterocycles. The standard InChI is InChI=1S/C17H16Cl2N2O3/c1-2-15(24-17(23)10-3-5-11(20)6-4-10)16(22)21-12-7-8-13(18)14(19)9-12/h3-9,15H,2,20H2,1H3,(H,21,22). The third-order valence-corrected chi connectivity index (χ3v) is 3.99. The summed E-state index contributed by atoms with van der Waals surface area (Å²) in [6.07, 6.45) is -0.599. The van der Waals surface area contributed by atoms with Gasteiger partial charge >= 0.3 is 5.97 Å². The normalized spacial score (nSPS) is 11.6. The van der Waals surface area contributed by atoms with Crippen LogP contribution < -0.4 is 11.1 Å². The second-order valence-electron chi connectivity index (χ2n) is 5.04. The Morgan fingerprint density at radius 3 is 2.38 bits per heavy atom. The zero-order valence-corrected chi connectivity index (χ0v) is 14.4. The van der Waals surface area contributed by atoms with Crippen LogP contribution in [0.4, 0.5) is 11.4 Å². The van der Waals surface area contributed by atoms with Crippen LogP contribution in [0.5, 0.6) is 0 Å². The highest BCUT2D eigenvalue weighted by Crippen LogP contribution is 2.25. The van der Waals surface area contributed by atoms with E-state index in [1.54, 1.807) is 43.3 Å². The fraction of sp³-hybridized carbons (Fsp3) is 0.176. The van der Waals surface area contributed by atoms with Gasteiger partial charge in [-0.1, -0.05) is 30.1 Å². The van der Waals surface area contributed by atoms with Crippen molar-refractivity contribution in [1.82, 2.24) is 0 Å². The molecule has 5 nitrogen and oxygen atoms in total. The van der Waals surface area contributed by atoms with E-state index in [-0.39, 0.29) is 0 Å². The van der Waals surface area contributed by atoms with Crippen molar-refractivity contribution in [3.63, 3.8) is 0 Å². The lowest BCUT2D eigenvalue weighted by Crippen LogP contribution is -2.32. The maximum Gasteiger partial charge on any atom is 0.338 e. The molecule has 1 amide bonds. The zero-order valence-electron chi connectivity index (χ0n) is 12.9. The average Bonchev–Trinajstić information content (AvgIpc) is 2.56. The van der Waals surface area contributed by atoms with Crippen LogP contribution in [0.1, 0.15) is 23.7 Å². The molecule has 7 heteroatoms. The number of nitrogens with one attached hydrogen (secondary N) is 1. The third-order valence-electron chi connectivity index (χ3n) is 3.25. The Morgan fingerprint density at radius 1 is 1.12 bits per heavy atom. The lowest BCUT2D eigenvalue weighted by Gasteiger charge is -2.16. The summed E-state index contributed by atoms with van der Waals surface area (Å²) in [6.45, 7) is 1.75. The number of carbonyl (C=O) groups excluding carboxylic acids is 2. The van der Waals surface area contributed by atoms with Crippen molar-refractivity contribution < 1.29 is 14.3 Å². The fourth-order valence-corrected chi connectivity index (χ4v) is 2.23. The molecule has 2 aromatic rings. The van der Waals surface area contributed by atoms with Gasteiger partial charge < -0.3 is 15.8 Å². The molecular weight excluding hydrogens is 351 g/mol. The second kappa shape index (κ2) is 8.04. The lowest BCUT2D eigenvalue weighted by atomic mass is 10.2. The molecule has 0 fully saturated rings. The largest absolute Gasteiger partial charge is 0.449 e. The number of halogens is 2.